The Labute approximate surface area is 173 Å². The summed E-state index contributed by atoms with van der Waals surface area (Å²) >= 11 is 5.69. The summed E-state index contributed by atoms with van der Waals surface area (Å²) in [5.41, 5.74) is 0.952. The van der Waals surface area contributed by atoms with Gasteiger partial charge in [-0.3, -0.25) is 4.79 Å². The minimum absolute atomic E-state index is 0.259. The Kier molecular flexibility index (Phi) is 13.1. The van der Waals surface area contributed by atoms with E-state index in [1.807, 2.05) is 30.3 Å². The number of carbonyl (C=O) groups excluding carboxylic acids is 2. The van der Waals surface area contributed by atoms with E-state index in [4.69, 9.17) is 21.3 Å². The zero-order valence-electron chi connectivity index (χ0n) is 16.9. The summed E-state index contributed by atoms with van der Waals surface area (Å²) in [6, 6.07) is 9.04. The fourth-order valence-electron chi connectivity index (χ4n) is 2.66. The number of hydrogen-bond donors (Lipinski definition) is 2. The molecule has 0 aliphatic carbocycles. The van der Waals surface area contributed by atoms with Crippen molar-refractivity contribution in [2.75, 3.05) is 13.2 Å². The van der Waals surface area contributed by atoms with Crippen LogP contribution in [-0.2, 0) is 20.9 Å². The van der Waals surface area contributed by atoms with Crippen LogP contribution in [0.1, 0.15) is 57.9 Å². The minimum atomic E-state index is -0.500. The summed E-state index contributed by atoms with van der Waals surface area (Å²) < 4.78 is 10.5. The molecule has 0 saturated carbocycles. The zero-order chi connectivity index (χ0) is 20.6. The van der Waals surface area contributed by atoms with Crippen LogP contribution in [0.3, 0.4) is 0 Å². The molecule has 1 amide bonds. The molecular formula is C21H33ClN2O4. The second-order valence-corrected chi connectivity index (χ2v) is 7.03. The largest absolute Gasteiger partial charge is 0.464 e. The van der Waals surface area contributed by atoms with E-state index in [1.165, 1.54) is 0 Å². The number of esters is 1. The SMILES string of the molecule is CCC(CC)COC(=O)[C@H](CCCCCNC(=O)OCc1ccccc1)NCl. The number of nitrogens with one attached hydrogen (secondary N) is 2. The molecule has 0 aromatic heterocycles. The van der Waals surface area contributed by atoms with Crippen LogP contribution < -0.4 is 10.2 Å². The second kappa shape index (κ2) is 15.2. The van der Waals surface area contributed by atoms with Gasteiger partial charge in [0.25, 0.3) is 0 Å². The molecule has 0 saturated heterocycles. The number of benzene rings is 1. The van der Waals surface area contributed by atoms with E-state index in [0.717, 1.165) is 37.7 Å². The molecule has 1 atom stereocenters. The predicted octanol–water partition coefficient (Wildman–Crippen LogP) is 4.56. The monoisotopic (exact) mass is 412 g/mol. The van der Waals surface area contributed by atoms with Gasteiger partial charge in [-0.1, -0.05) is 69.9 Å². The van der Waals surface area contributed by atoms with Crippen LogP contribution in [0.15, 0.2) is 30.3 Å². The molecule has 158 valence electrons. The average Bonchev–Trinajstić information content (AvgIpc) is 2.73. The van der Waals surface area contributed by atoms with Crippen LogP contribution in [0, 0.1) is 5.92 Å². The third kappa shape index (κ3) is 10.5. The van der Waals surface area contributed by atoms with Crippen LogP contribution in [0.25, 0.3) is 0 Å². The quantitative estimate of drug-likeness (QED) is 0.266. The first kappa shape index (κ1) is 24.2. The fourth-order valence-corrected chi connectivity index (χ4v) is 2.85. The lowest BCUT2D eigenvalue weighted by Gasteiger charge is -2.17. The maximum Gasteiger partial charge on any atom is 0.407 e. The van der Waals surface area contributed by atoms with Crippen molar-refractivity contribution in [2.45, 2.75) is 65.0 Å². The topological polar surface area (TPSA) is 76.7 Å². The lowest BCUT2D eigenvalue weighted by Crippen LogP contribution is -2.33. The Hall–Kier alpha value is -1.79. The van der Waals surface area contributed by atoms with Crippen LogP contribution in [-0.4, -0.2) is 31.3 Å². The Morgan fingerprint density at radius 2 is 1.75 bits per heavy atom. The summed E-state index contributed by atoms with van der Waals surface area (Å²) in [6.45, 7) is 5.41. The van der Waals surface area contributed by atoms with Crippen molar-refractivity contribution in [3.05, 3.63) is 35.9 Å². The van der Waals surface area contributed by atoms with E-state index in [0.29, 0.717) is 25.5 Å². The Morgan fingerprint density at radius 3 is 2.39 bits per heavy atom. The van der Waals surface area contributed by atoms with Crippen LogP contribution in [0.5, 0.6) is 0 Å². The Morgan fingerprint density at radius 1 is 1.04 bits per heavy atom. The minimum Gasteiger partial charge on any atom is -0.464 e. The summed E-state index contributed by atoms with van der Waals surface area (Å²) in [6.07, 6.45) is 4.64. The zero-order valence-corrected chi connectivity index (χ0v) is 17.7. The first-order valence-corrected chi connectivity index (χ1v) is 10.5. The van der Waals surface area contributed by atoms with Crippen LogP contribution >= 0.6 is 11.8 Å². The molecule has 0 aliphatic rings. The molecule has 1 aromatic rings. The van der Waals surface area contributed by atoms with Gasteiger partial charge in [-0.15, -0.1) is 0 Å². The van der Waals surface area contributed by atoms with Crippen molar-refractivity contribution in [3.8, 4) is 0 Å². The smallest absolute Gasteiger partial charge is 0.407 e. The van der Waals surface area contributed by atoms with Gasteiger partial charge in [0.1, 0.15) is 12.6 Å². The van der Waals surface area contributed by atoms with Crippen molar-refractivity contribution in [1.82, 2.24) is 10.2 Å². The summed E-state index contributed by atoms with van der Waals surface area (Å²) in [5, 5.41) is 2.73. The second-order valence-electron chi connectivity index (χ2n) is 6.81. The van der Waals surface area contributed by atoms with Crippen molar-refractivity contribution >= 4 is 23.8 Å². The number of amides is 1. The molecule has 1 rings (SSSR count). The van der Waals surface area contributed by atoms with Crippen molar-refractivity contribution in [3.63, 3.8) is 0 Å². The number of halogens is 1. The molecule has 0 bridgehead atoms. The highest BCUT2D eigenvalue weighted by molar-refractivity contribution is 6.14. The van der Waals surface area contributed by atoms with Crippen LogP contribution in [0.2, 0.25) is 0 Å². The molecule has 0 spiro atoms. The molecule has 0 heterocycles. The van der Waals surface area contributed by atoms with Crippen molar-refractivity contribution in [2.24, 2.45) is 5.92 Å². The third-order valence-corrected chi connectivity index (χ3v) is 4.95. The molecule has 2 N–H and O–H groups in total. The van der Waals surface area contributed by atoms with Crippen LogP contribution in [0.4, 0.5) is 4.79 Å². The van der Waals surface area contributed by atoms with Gasteiger partial charge < -0.3 is 14.8 Å². The summed E-state index contributed by atoms with van der Waals surface area (Å²) in [7, 11) is 0. The molecular weight excluding hydrogens is 380 g/mol. The Bertz CT molecular complexity index is 553. The standard InChI is InChI=1S/C21H33ClN2O4/c1-3-17(4-2)15-27-20(25)19(24-22)13-9-6-10-14-23-21(26)28-16-18-11-7-5-8-12-18/h5,7-8,11-12,17,19,24H,3-4,6,9-10,13-16H2,1-2H3,(H,23,26)/t19-/m0/s1. The Balaban J connectivity index is 2.09. The van der Waals surface area contributed by atoms with E-state index < -0.39 is 12.1 Å². The highest BCUT2D eigenvalue weighted by Crippen LogP contribution is 2.11. The van der Waals surface area contributed by atoms with E-state index in [1.54, 1.807) is 0 Å². The van der Waals surface area contributed by atoms with Crippen molar-refractivity contribution < 1.29 is 19.1 Å². The predicted molar refractivity (Wildman–Crippen MR) is 111 cm³/mol. The lowest BCUT2D eigenvalue weighted by atomic mass is 10.1. The molecule has 0 unspecified atom stereocenters. The molecule has 6 nitrogen and oxygen atoms in total. The molecule has 7 heteroatoms. The van der Waals surface area contributed by atoms with Gasteiger partial charge in [0, 0.05) is 6.54 Å². The molecule has 28 heavy (non-hydrogen) atoms. The number of alkyl carbamates (subject to hydrolysis) is 1. The first-order valence-electron chi connectivity index (χ1n) is 10.1. The number of carbonyl (C=O) groups is 2. The highest BCUT2D eigenvalue weighted by atomic mass is 35.5. The van der Waals surface area contributed by atoms with Gasteiger partial charge in [0.15, 0.2) is 0 Å². The van der Waals surface area contributed by atoms with Gasteiger partial charge in [0.05, 0.1) is 6.61 Å². The normalized spacial score (nSPS) is 11.9. The number of ether oxygens (including phenoxy) is 2. The molecule has 0 fully saturated rings. The average molecular weight is 413 g/mol. The summed E-state index contributed by atoms with van der Waals surface area (Å²) in [4.78, 5) is 26.2. The van der Waals surface area contributed by atoms with E-state index in [9.17, 15) is 9.59 Å². The number of unbranched alkanes of at least 4 members (excludes halogenated alkanes) is 2. The van der Waals surface area contributed by atoms with E-state index >= 15 is 0 Å². The highest BCUT2D eigenvalue weighted by Gasteiger charge is 2.19. The van der Waals surface area contributed by atoms with Gasteiger partial charge in [0.2, 0.25) is 0 Å². The van der Waals surface area contributed by atoms with Gasteiger partial charge in [-0.2, -0.15) is 0 Å². The number of rotatable bonds is 14. The maximum atomic E-state index is 12.1. The summed E-state index contributed by atoms with van der Waals surface area (Å²) in [5.74, 6) is 0.0946. The van der Waals surface area contributed by atoms with Crippen molar-refractivity contribution in [1.29, 1.82) is 0 Å². The molecule has 0 radical (unpaired) electrons. The van der Waals surface area contributed by atoms with Gasteiger partial charge >= 0.3 is 12.1 Å². The van der Waals surface area contributed by atoms with Gasteiger partial charge in [-0.25, -0.2) is 9.63 Å². The van der Waals surface area contributed by atoms with Gasteiger partial charge in [-0.05, 0) is 36.1 Å². The molecule has 0 aliphatic heterocycles. The number of hydrogen-bond acceptors (Lipinski definition) is 5. The maximum absolute atomic E-state index is 12.1. The van der Waals surface area contributed by atoms with E-state index in [2.05, 4.69) is 24.0 Å². The molecule has 1 aromatic carbocycles. The van der Waals surface area contributed by atoms with E-state index in [-0.39, 0.29) is 12.6 Å². The lowest BCUT2D eigenvalue weighted by molar-refractivity contribution is -0.147. The first-order chi connectivity index (χ1) is 13.6. The third-order valence-electron chi connectivity index (χ3n) is 4.68. The fraction of sp³-hybridized carbons (Fsp3) is 0.619.